The average molecular weight is 276 g/mol. The summed E-state index contributed by atoms with van der Waals surface area (Å²) in [5.41, 5.74) is 4.54. The van der Waals surface area contributed by atoms with Crippen LogP contribution in [-0.4, -0.2) is 5.11 Å². The lowest BCUT2D eigenvalue weighted by Crippen LogP contribution is -2.09. The lowest BCUT2D eigenvalue weighted by atomic mass is 9.81. The smallest absolute Gasteiger partial charge is 0.0883 e. The Balaban J connectivity index is 2.78. The monoisotopic (exact) mass is 276 g/mol. The first-order valence-electron chi connectivity index (χ1n) is 8.34. The molecule has 0 radical (unpaired) electrons. The molecule has 0 amide bonds. The average Bonchev–Trinajstić information content (AvgIpc) is 2.50. The lowest BCUT2D eigenvalue weighted by Gasteiger charge is -2.25. The van der Waals surface area contributed by atoms with Gasteiger partial charge in [-0.25, -0.2) is 0 Å². The summed E-state index contributed by atoms with van der Waals surface area (Å²) >= 11 is 0. The third-order valence-electron chi connectivity index (χ3n) is 4.75. The Labute approximate surface area is 125 Å². The van der Waals surface area contributed by atoms with Crippen molar-refractivity contribution in [2.45, 2.75) is 79.1 Å². The van der Waals surface area contributed by atoms with Crippen molar-refractivity contribution in [3.8, 4) is 0 Å². The van der Waals surface area contributed by atoms with Crippen molar-refractivity contribution in [3.05, 3.63) is 34.6 Å². The van der Waals surface area contributed by atoms with Gasteiger partial charge in [-0.2, -0.15) is 0 Å². The minimum absolute atomic E-state index is 0.502. The van der Waals surface area contributed by atoms with E-state index in [9.17, 15) is 5.11 Å². The topological polar surface area (TPSA) is 20.2 Å². The molecule has 1 saturated carbocycles. The summed E-state index contributed by atoms with van der Waals surface area (Å²) in [4.78, 5) is 0. The van der Waals surface area contributed by atoms with E-state index in [2.05, 4.69) is 26.8 Å². The summed E-state index contributed by atoms with van der Waals surface area (Å²) in [5, 5.41) is 9.52. The molecular formula is C19H32O. The van der Waals surface area contributed by atoms with Gasteiger partial charge >= 0.3 is 0 Å². The molecule has 0 bridgehead atoms. The van der Waals surface area contributed by atoms with E-state index in [0.29, 0.717) is 5.76 Å². The number of rotatable bonds is 6. The van der Waals surface area contributed by atoms with Crippen molar-refractivity contribution in [1.82, 2.24) is 0 Å². The van der Waals surface area contributed by atoms with E-state index in [0.717, 1.165) is 25.2 Å². The third kappa shape index (κ3) is 5.19. The number of hydrogen-bond acceptors (Lipinski definition) is 1. The van der Waals surface area contributed by atoms with Gasteiger partial charge < -0.3 is 5.11 Å². The molecule has 0 heterocycles. The molecule has 1 nitrogen and oxygen atoms in total. The molecule has 0 spiro atoms. The summed E-state index contributed by atoms with van der Waals surface area (Å²) in [6, 6.07) is 0. The Bertz CT molecular complexity index is 379. The summed E-state index contributed by atoms with van der Waals surface area (Å²) < 4.78 is 0. The molecule has 1 aliphatic rings. The number of aliphatic hydroxyl groups excluding tert-OH is 1. The zero-order valence-corrected chi connectivity index (χ0v) is 13.8. The van der Waals surface area contributed by atoms with Gasteiger partial charge in [0, 0.05) is 6.42 Å². The van der Waals surface area contributed by atoms with Gasteiger partial charge in [0.15, 0.2) is 0 Å². The summed E-state index contributed by atoms with van der Waals surface area (Å²) in [7, 11) is 0. The van der Waals surface area contributed by atoms with Crippen LogP contribution in [0.2, 0.25) is 0 Å². The van der Waals surface area contributed by atoms with E-state index in [1.165, 1.54) is 43.3 Å². The van der Waals surface area contributed by atoms with Gasteiger partial charge in [-0.3, -0.25) is 0 Å². The van der Waals surface area contributed by atoms with Gasteiger partial charge in [-0.15, -0.1) is 0 Å². The van der Waals surface area contributed by atoms with Crippen LogP contribution in [0, 0.1) is 5.92 Å². The maximum Gasteiger partial charge on any atom is 0.0883 e. The highest BCUT2D eigenvalue weighted by molar-refractivity contribution is 5.34. The molecule has 114 valence electrons. The Kier molecular flexibility index (Phi) is 7.72. The second kappa shape index (κ2) is 9.05. The summed E-state index contributed by atoms with van der Waals surface area (Å²) in [5.74, 6) is 1.31. The van der Waals surface area contributed by atoms with Gasteiger partial charge in [-0.05, 0) is 62.7 Å². The van der Waals surface area contributed by atoms with Gasteiger partial charge in [0.1, 0.15) is 0 Å². The predicted molar refractivity (Wildman–Crippen MR) is 88.9 cm³/mol. The highest BCUT2D eigenvalue weighted by atomic mass is 16.3. The largest absolute Gasteiger partial charge is 0.513 e. The highest BCUT2D eigenvalue weighted by Gasteiger charge is 2.17. The molecule has 0 unspecified atom stereocenters. The van der Waals surface area contributed by atoms with E-state index in [1.807, 2.05) is 13.0 Å². The Morgan fingerprint density at radius 2 is 1.65 bits per heavy atom. The van der Waals surface area contributed by atoms with Crippen LogP contribution in [0.1, 0.15) is 79.1 Å². The molecule has 1 fully saturated rings. The van der Waals surface area contributed by atoms with E-state index in [1.54, 1.807) is 5.57 Å². The van der Waals surface area contributed by atoms with Crippen molar-refractivity contribution >= 4 is 0 Å². The molecule has 0 aromatic heterocycles. The van der Waals surface area contributed by atoms with Crippen LogP contribution in [0.3, 0.4) is 0 Å². The standard InChI is InChI=1S/C19H32O/c1-5-17(13-10-14-19(20)6-2)15(3)16(4)18-11-8-7-9-12-18/h13-14,18,20H,5-12H2,1-4H3/b16-15-,17-13+,19-14+. The van der Waals surface area contributed by atoms with E-state index in [-0.39, 0.29) is 0 Å². The van der Waals surface area contributed by atoms with Crippen LogP contribution >= 0.6 is 0 Å². The number of hydrogen-bond donors (Lipinski definition) is 1. The number of allylic oxidation sites excluding steroid dienone is 6. The van der Waals surface area contributed by atoms with Crippen LogP contribution < -0.4 is 0 Å². The first kappa shape index (κ1) is 17.1. The first-order valence-corrected chi connectivity index (χ1v) is 8.34. The van der Waals surface area contributed by atoms with Crippen molar-refractivity contribution in [2.75, 3.05) is 0 Å². The maximum absolute atomic E-state index is 9.52. The minimum Gasteiger partial charge on any atom is -0.513 e. The molecule has 20 heavy (non-hydrogen) atoms. The summed E-state index contributed by atoms with van der Waals surface area (Å²) in [6.07, 6.45) is 13.8. The van der Waals surface area contributed by atoms with Crippen LogP contribution in [0.4, 0.5) is 0 Å². The van der Waals surface area contributed by atoms with Gasteiger partial charge in [0.05, 0.1) is 5.76 Å². The minimum atomic E-state index is 0.502. The SMILES string of the molecule is CC/C(O)=C\C/C=C(CC)/C(C)=C(/C)C1CCCCC1. The fourth-order valence-electron chi connectivity index (χ4n) is 3.14. The highest BCUT2D eigenvalue weighted by Crippen LogP contribution is 2.33. The first-order chi connectivity index (χ1) is 9.60. The summed E-state index contributed by atoms with van der Waals surface area (Å²) in [6.45, 7) is 8.82. The molecular weight excluding hydrogens is 244 g/mol. The van der Waals surface area contributed by atoms with Gasteiger partial charge in [-0.1, -0.05) is 44.8 Å². The zero-order chi connectivity index (χ0) is 15.0. The van der Waals surface area contributed by atoms with E-state index < -0.39 is 0 Å². The Morgan fingerprint density at radius 1 is 1.00 bits per heavy atom. The van der Waals surface area contributed by atoms with Crippen LogP contribution in [0.25, 0.3) is 0 Å². The van der Waals surface area contributed by atoms with Crippen molar-refractivity contribution in [1.29, 1.82) is 0 Å². The van der Waals surface area contributed by atoms with Crippen molar-refractivity contribution in [2.24, 2.45) is 5.92 Å². The molecule has 0 aromatic rings. The van der Waals surface area contributed by atoms with Gasteiger partial charge in [0.25, 0.3) is 0 Å². The lowest BCUT2D eigenvalue weighted by molar-refractivity contribution is 0.392. The fraction of sp³-hybridized carbons (Fsp3) is 0.684. The van der Waals surface area contributed by atoms with E-state index >= 15 is 0 Å². The molecule has 1 aliphatic carbocycles. The zero-order valence-electron chi connectivity index (χ0n) is 13.8. The van der Waals surface area contributed by atoms with Crippen molar-refractivity contribution in [3.63, 3.8) is 0 Å². The second-order valence-electron chi connectivity index (χ2n) is 6.01. The predicted octanol–water partition coefficient (Wildman–Crippen LogP) is 6.48. The molecule has 1 rings (SSSR count). The third-order valence-corrected chi connectivity index (χ3v) is 4.75. The molecule has 0 aromatic carbocycles. The second-order valence-corrected chi connectivity index (χ2v) is 6.01. The molecule has 1 heteroatoms. The van der Waals surface area contributed by atoms with Gasteiger partial charge in [0.2, 0.25) is 0 Å². The molecule has 0 saturated heterocycles. The Hall–Kier alpha value is -0.980. The fourth-order valence-corrected chi connectivity index (χ4v) is 3.14. The van der Waals surface area contributed by atoms with Crippen molar-refractivity contribution < 1.29 is 5.11 Å². The number of aliphatic hydroxyl groups is 1. The van der Waals surface area contributed by atoms with Crippen LogP contribution in [0.5, 0.6) is 0 Å². The maximum atomic E-state index is 9.52. The van der Waals surface area contributed by atoms with E-state index in [4.69, 9.17) is 0 Å². The molecule has 1 N–H and O–H groups in total. The van der Waals surface area contributed by atoms with Crippen LogP contribution in [-0.2, 0) is 0 Å². The normalized spacial score (nSPS) is 20.0. The quantitative estimate of drug-likeness (QED) is 0.434. The van der Waals surface area contributed by atoms with Crippen LogP contribution in [0.15, 0.2) is 34.6 Å². The Morgan fingerprint density at radius 3 is 2.20 bits per heavy atom. The molecule has 0 aliphatic heterocycles. The molecule has 0 atom stereocenters.